The van der Waals surface area contributed by atoms with E-state index >= 15 is 0 Å². The lowest BCUT2D eigenvalue weighted by Crippen LogP contribution is -2.32. The average Bonchev–Trinajstić information content (AvgIpc) is 3.36. The second-order valence-corrected chi connectivity index (χ2v) is 10.6. The van der Waals surface area contributed by atoms with Crippen LogP contribution in [0.5, 0.6) is 5.75 Å². The minimum Gasteiger partial charge on any atom is -0.489 e. The molecule has 0 spiro atoms. The lowest BCUT2D eigenvalue weighted by Gasteiger charge is -2.29. The molecule has 0 bridgehead atoms. The van der Waals surface area contributed by atoms with Crippen LogP contribution in [0.15, 0.2) is 84.1 Å². The largest absolute Gasteiger partial charge is 0.489 e. The molecule has 4 aromatic rings. The van der Waals surface area contributed by atoms with E-state index in [1.807, 2.05) is 62.4 Å². The van der Waals surface area contributed by atoms with Crippen molar-refractivity contribution in [3.05, 3.63) is 106 Å². The number of anilines is 2. The van der Waals surface area contributed by atoms with Crippen molar-refractivity contribution in [2.75, 3.05) is 10.6 Å². The standard InChI is InChI=1S/C30H32N6O2/c1-19-10-6-8-12-24(19)32-28(37)26-20(2)31-29-33-34-35-36(29)27(26)23-11-7-9-13-25(23)38-18-21-14-16-22(17-15-21)30(3,4)5/h6-17,27H,18H2,1-5H3,(H,32,37)(H,31,33,35). The van der Waals surface area contributed by atoms with Gasteiger partial charge < -0.3 is 15.4 Å². The lowest BCUT2D eigenvalue weighted by molar-refractivity contribution is -0.113. The third-order valence-electron chi connectivity index (χ3n) is 6.78. The molecule has 38 heavy (non-hydrogen) atoms. The highest BCUT2D eigenvalue weighted by atomic mass is 16.5. The van der Waals surface area contributed by atoms with Crippen molar-refractivity contribution in [2.45, 2.75) is 52.7 Å². The molecule has 0 saturated heterocycles. The molecule has 0 radical (unpaired) electrons. The van der Waals surface area contributed by atoms with Gasteiger partial charge in [-0.2, -0.15) is 4.68 Å². The number of nitrogens with one attached hydrogen (secondary N) is 2. The quantitative estimate of drug-likeness (QED) is 0.343. The maximum absolute atomic E-state index is 13.7. The zero-order chi connectivity index (χ0) is 26.9. The van der Waals surface area contributed by atoms with Crippen LogP contribution >= 0.6 is 0 Å². The van der Waals surface area contributed by atoms with Gasteiger partial charge in [-0.05, 0) is 58.5 Å². The molecule has 1 unspecified atom stereocenters. The number of fused-ring (bicyclic) bond motifs is 1. The average molecular weight is 509 g/mol. The predicted molar refractivity (Wildman–Crippen MR) is 148 cm³/mol. The van der Waals surface area contributed by atoms with Crippen LogP contribution in [-0.4, -0.2) is 26.1 Å². The molecule has 1 aliphatic heterocycles. The first-order valence-electron chi connectivity index (χ1n) is 12.7. The van der Waals surface area contributed by atoms with Gasteiger partial charge in [-0.3, -0.25) is 4.79 Å². The normalized spacial score (nSPS) is 15.0. The molecular weight excluding hydrogens is 476 g/mol. The third kappa shape index (κ3) is 5.02. The van der Waals surface area contributed by atoms with E-state index in [0.717, 1.165) is 22.4 Å². The van der Waals surface area contributed by atoms with E-state index in [2.05, 4.69) is 71.2 Å². The number of benzene rings is 3. The molecule has 8 heteroatoms. The number of carbonyl (C=O) groups excluding carboxylic acids is 1. The van der Waals surface area contributed by atoms with Gasteiger partial charge in [-0.1, -0.05) is 86.5 Å². The summed E-state index contributed by atoms with van der Waals surface area (Å²) in [5.41, 5.74) is 6.13. The van der Waals surface area contributed by atoms with Gasteiger partial charge in [-0.25, -0.2) is 0 Å². The maximum atomic E-state index is 13.7. The van der Waals surface area contributed by atoms with Gasteiger partial charge in [-0.15, -0.1) is 0 Å². The maximum Gasteiger partial charge on any atom is 0.255 e. The van der Waals surface area contributed by atoms with E-state index in [1.165, 1.54) is 5.56 Å². The Hall–Kier alpha value is -4.46. The van der Waals surface area contributed by atoms with Crippen molar-refractivity contribution < 1.29 is 9.53 Å². The molecule has 3 aromatic carbocycles. The van der Waals surface area contributed by atoms with Crippen LogP contribution in [0.4, 0.5) is 11.6 Å². The molecule has 1 amide bonds. The number of rotatable bonds is 6. The fraction of sp³-hybridized carbons (Fsp3) is 0.267. The summed E-state index contributed by atoms with van der Waals surface area (Å²) in [5.74, 6) is 0.894. The van der Waals surface area contributed by atoms with Gasteiger partial charge in [0.1, 0.15) is 18.4 Å². The van der Waals surface area contributed by atoms with Crippen molar-refractivity contribution in [3.63, 3.8) is 0 Å². The summed E-state index contributed by atoms with van der Waals surface area (Å²) in [6, 6.07) is 23.3. The zero-order valence-corrected chi connectivity index (χ0v) is 22.3. The summed E-state index contributed by atoms with van der Waals surface area (Å²) in [6.45, 7) is 10.8. The molecule has 1 atom stereocenters. The van der Waals surface area contributed by atoms with Crippen LogP contribution in [0.1, 0.15) is 56.0 Å². The van der Waals surface area contributed by atoms with Crippen LogP contribution in [-0.2, 0) is 16.8 Å². The molecule has 2 N–H and O–H groups in total. The Morgan fingerprint density at radius 1 is 1.00 bits per heavy atom. The highest BCUT2D eigenvalue weighted by Crippen LogP contribution is 2.39. The number of hydrogen-bond acceptors (Lipinski definition) is 6. The summed E-state index contributed by atoms with van der Waals surface area (Å²) in [5, 5.41) is 18.4. The SMILES string of the molecule is CC1=C(C(=O)Nc2ccccc2C)C(c2ccccc2OCc2ccc(C(C)(C)C)cc2)n2nnnc2N1. The second kappa shape index (κ2) is 10.1. The highest BCUT2D eigenvalue weighted by molar-refractivity contribution is 6.06. The van der Waals surface area contributed by atoms with Gasteiger partial charge in [0.05, 0.1) is 5.57 Å². The van der Waals surface area contributed by atoms with E-state index in [0.29, 0.717) is 29.6 Å². The number of hydrogen-bond donors (Lipinski definition) is 2. The monoisotopic (exact) mass is 508 g/mol. The van der Waals surface area contributed by atoms with E-state index in [1.54, 1.807) is 4.68 Å². The lowest BCUT2D eigenvalue weighted by atomic mass is 9.87. The molecule has 1 aromatic heterocycles. The minimum atomic E-state index is -0.579. The van der Waals surface area contributed by atoms with Gasteiger partial charge in [0.2, 0.25) is 5.95 Å². The summed E-state index contributed by atoms with van der Waals surface area (Å²) < 4.78 is 7.96. The van der Waals surface area contributed by atoms with Crippen LogP contribution in [0.2, 0.25) is 0 Å². The summed E-state index contributed by atoms with van der Waals surface area (Å²) in [7, 11) is 0. The Balaban J connectivity index is 1.48. The van der Waals surface area contributed by atoms with Crippen LogP contribution < -0.4 is 15.4 Å². The molecule has 0 aliphatic carbocycles. The number of allylic oxidation sites excluding steroid dienone is 1. The third-order valence-corrected chi connectivity index (χ3v) is 6.78. The Morgan fingerprint density at radius 3 is 2.45 bits per heavy atom. The molecule has 0 fully saturated rings. The Labute approximate surface area is 222 Å². The van der Waals surface area contributed by atoms with Crippen LogP contribution in [0.3, 0.4) is 0 Å². The van der Waals surface area contributed by atoms with E-state index in [9.17, 15) is 4.79 Å². The van der Waals surface area contributed by atoms with Gasteiger partial charge >= 0.3 is 0 Å². The summed E-state index contributed by atoms with van der Waals surface area (Å²) >= 11 is 0. The van der Waals surface area contributed by atoms with E-state index < -0.39 is 6.04 Å². The summed E-state index contributed by atoms with van der Waals surface area (Å²) in [6.07, 6.45) is 0. The topological polar surface area (TPSA) is 94.0 Å². The number of para-hydroxylation sites is 2. The number of amides is 1. The first-order valence-corrected chi connectivity index (χ1v) is 12.7. The minimum absolute atomic E-state index is 0.0873. The number of nitrogens with zero attached hydrogens (tertiary/aromatic N) is 4. The van der Waals surface area contributed by atoms with Gasteiger partial charge in [0, 0.05) is 16.9 Å². The van der Waals surface area contributed by atoms with Crippen molar-refractivity contribution in [1.29, 1.82) is 0 Å². The molecule has 1 aliphatic rings. The van der Waals surface area contributed by atoms with Gasteiger partial charge in [0.15, 0.2) is 0 Å². The molecule has 0 saturated carbocycles. The number of aryl methyl sites for hydroxylation is 1. The van der Waals surface area contributed by atoms with Crippen LogP contribution in [0, 0.1) is 6.92 Å². The highest BCUT2D eigenvalue weighted by Gasteiger charge is 2.35. The van der Waals surface area contributed by atoms with Crippen LogP contribution in [0.25, 0.3) is 0 Å². The number of ether oxygens (including phenoxy) is 1. The second-order valence-electron chi connectivity index (χ2n) is 10.6. The Morgan fingerprint density at radius 2 is 1.71 bits per heavy atom. The molecule has 8 nitrogen and oxygen atoms in total. The molecule has 194 valence electrons. The zero-order valence-electron chi connectivity index (χ0n) is 22.3. The van der Waals surface area contributed by atoms with Crippen molar-refractivity contribution >= 4 is 17.5 Å². The van der Waals surface area contributed by atoms with Crippen molar-refractivity contribution in [2.24, 2.45) is 0 Å². The predicted octanol–water partition coefficient (Wildman–Crippen LogP) is 5.79. The number of tetrazole rings is 1. The smallest absolute Gasteiger partial charge is 0.255 e. The first-order chi connectivity index (χ1) is 18.2. The Bertz CT molecular complexity index is 1500. The van der Waals surface area contributed by atoms with Gasteiger partial charge in [0.25, 0.3) is 5.91 Å². The number of aromatic nitrogens is 4. The van der Waals surface area contributed by atoms with Crippen molar-refractivity contribution in [3.8, 4) is 5.75 Å². The van der Waals surface area contributed by atoms with E-state index in [-0.39, 0.29) is 11.3 Å². The van der Waals surface area contributed by atoms with E-state index in [4.69, 9.17) is 4.74 Å². The molecular formula is C30H32N6O2. The number of carbonyl (C=O) groups is 1. The fourth-order valence-electron chi connectivity index (χ4n) is 4.60. The molecule has 5 rings (SSSR count). The molecule has 2 heterocycles. The Kier molecular flexibility index (Phi) is 6.72. The fourth-order valence-corrected chi connectivity index (χ4v) is 4.60. The van der Waals surface area contributed by atoms with Crippen molar-refractivity contribution in [1.82, 2.24) is 20.2 Å². The summed E-state index contributed by atoms with van der Waals surface area (Å²) in [4.78, 5) is 13.7. The first kappa shape index (κ1) is 25.2.